The van der Waals surface area contributed by atoms with E-state index in [0.717, 1.165) is 11.1 Å². The first-order valence-electron chi connectivity index (χ1n) is 11.7. The third-order valence-electron chi connectivity index (χ3n) is 7.00. The molecule has 3 fully saturated rings. The molecule has 8 nitrogen and oxygen atoms in total. The fourth-order valence-electron chi connectivity index (χ4n) is 5.24. The third kappa shape index (κ3) is 3.93. The van der Waals surface area contributed by atoms with Gasteiger partial charge in [0, 0.05) is 26.2 Å². The zero-order chi connectivity index (χ0) is 24.0. The number of amides is 4. The molecule has 3 aliphatic heterocycles. The summed E-state index contributed by atoms with van der Waals surface area (Å²) in [6, 6.07) is 13.8. The highest BCUT2D eigenvalue weighted by molar-refractivity contribution is 6.23. The number of hydrogen-bond acceptors (Lipinski definition) is 6. The summed E-state index contributed by atoms with van der Waals surface area (Å²) in [7, 11) is 0. The molecule has 2 atom stereocenters. The van der Waals surface area contributed by atoms with E-state index in [1.54, 1.807) is 12.1 Å². The van der Waals surface area contributed by atoms with Crippen LogP contribution in [0, 0.1) is 13.8 Å². The van der Waals surface area contributed by atoms with E-state index in [-0.39, 0.29) is 36.5 Å². The Balaban J connectivity index is 1.24. The van der Waals surface area contributed by atoms with Gasteiger partial charge in [-0.1, -0.05) is 24.3 Å². The van der Waals surface area contributed by atoms with Gasteiger partial charge in [-0.2, -0.15) is 0 Å². The van der Waals surface area contributed by atoms with Crippen LogP contribution in [0.15, 0.2) is 48.5 Å². The molecular formula is C26H28N4O4. The fourth-order valence-corrected chi connectivity index (χ4v) is 5.24. The maximum absolute atomic E-state index is 13.1. The van der Waals surface area contributed by atoms with Gasteiger partial charge in [-0.05, 0) is 49.2 Å². The molecule has 2 unspecified atom stereocenters. The van der Waals surface area contributed by atoms with E-state index >= 15 is 0 Å². The van der Waals surface area contributed by atoms with Gasteiger partial charge in [-0.15, -0.1) is 0 Å². The summed E-state index contributed by atoms with van der Waals surface area (Å²) in [5.41, 5.74) is 3.21. The molecule has 4 amide bonds. The number of imide groups is 2. The molecule has 3 heterocycles. The molecule has 8 heteroatoms. The lowest BCUT2D eigenvalue weighted by molar-refractivity contribution is -0.126. The van der Waals surface area contributed by atoms with Crippen molar-refractivity contribution < 1.29 is 19.2 Å². The summed E-state index contributed by atoms with van der Waals surface area (Å²) in [6.07, 6.45) is 0.323. The average molecular weight is 461 g/mol. The molecule has 5 rings (SSSR count). The summed E-state index contributed by atoms with van der Waals surface area (Å²) in [5.74, 6) is -0.759. The van der Waals surface area contributed by atoms with Crippen LogP contribution in [0.25, 0.3) is 0 Å². The topological polar surface area (TPSA) is 81.2 Å². The zero-order valence-corrected chi connectivity index (χ0v) is 19.4. The van der Waals surface area contributed by atoms with Crippen LogP contribution in [0.2, 0.25) is 0 Å². The van der Waals surface area contributed by atoms with Crippen LogP contribution < -0.4 is 9.80 Å². The normalized spacial score (nSPS) is 24.5. The highest BCUT2D eigenvalue weighted by atomic mass is 16.2. The number of aryl methyl sites for hydroxylation is 2. The van der Waals surface area contributed by atoms with Crippen LogP contribution in [0.4, 0.5) is 11.4 Å². The van der Waals surface area contributed by atoms with Crippen molar-refractivity contribution in [2.24, 2.45) is 0 Å². The van der Waals surface area contributed by atoms with Crippen molar-refractivity contribution in [2.45, 2.75) is 38.8 Å². The van der Waals surface area contributed by atoms with E-state index in [1.165, 1.54) is 9.80 Å². The second kappa shape index (κ2) is 8.77. The molecule has 0 saturated carbocycles. The number of piperazine rings is 1. The minimum atomic E-state index is -0.486. The number of carbonyl (C=O) groups is 4. The van der Waals surface area contributed by atoms with E-state index < -0.39 is 12.1 Å². The number of rotatable bonds is 4. The highest BCUT2D eigenvalue weighted by Crippen LogP contribution is 2.29. The summed E-state index contributed by atoms with van der Waals surface area (Å²) < 4.78 is 0. The van der Waals surface area contributed by atoms with Crippen molar-refractivity contribution in [3.8, 4) is 0 Å². The summed E-state index contributed by atoms with van der Waals surface area (Å²) >= 11 is 0. The average Bonchev–Trinajstić information content (AvgIpc) is 3.28. The number of anilines is 2. The molecule has 3 aliphatic rings. The molecule has 3 saturated heterocycles. The quantitative estimate of drug-likeness (QED) is 0.649. The molecule has 2 aromatic carbocycles. The molecule has 176 valence electrons. The smallest absolute Gasteiger partial charge is 0.251 e. The van der Waals surface area contributed by atoms with E-state index in [2.05, 4.69) is 0 Å². The lowest BCUT2D eigenvalue weighted by Gasteiger charge is -2.38. The van der Waals surface area contributed by atoms with Crippen LogP contribution in [-0.4, -0.2) is 71.7 Å². The van der Waals surface area contributed by atoms with Crippen LogP contribution in [0.5, 0.6) is 0 Å². The molecule has 2 aromatic rings. The van der Waals surface area contributed by atoms with Gasteiger partial charge in [0.05, 0.1) is 36.3 Å². The Hall–Kier alpha value is -3.36. The SMILES string of the molecule is Cc1cccc(N2C(=O)CC(N3CCN(C4CC(=O)N(c5cccc(C)c5)C4=O)CC3)C2=O)c1. The standard InChI is InChI=1S/C26H28N4O4/c1-17-5-3-7-19(13-17)29-23(31)15-21(25(29)33)27-9-11-28(12-10-27)22-16-24(32)30(26(22)34)20-8-4-6-18(2)14-20/h3-8,13-14,21-22H,9-12,15-16H2,1-2H3. The minimum Gasteiger partial charge on any atom is -0.289 e. The first kappa shape index (κ1) is 22.4. The first-order valence-corrected chi connectivity index (χ1v) is 11.7. The van der Waals surface area contributed by atoms with Crippen molar-refractivity contribution in [3.05, 3.63) is 59.7 Å². The Kier molecular flexibility index (Phi) is 5.79. The predicted octanol–water partition coefficient (Wildman–Crippen LogP) is 1.89. The van der Waals surface area contributed by atoms with E-state index in [9.17, 15) is 19.2 Å². The molecule has 0 aliphatic carbocycles. The van der Waals surface area contributed by atoms with Gasteiger partial charge in [0.1, 0.15) is 0 Å². The van der Waals surface area contributed by atoms with Crippen LogP contribution in [0.3, 0.4) is 0 Å². The van der Waals surface area contributed by atoms with Gasteiger partial charge in [-0.3, -0.25) is 29.0 Å². The number of benzene rings is 2. The number of hydrogen-bond donors (Lipinski definition) is 0. The maximum atomic E-state index is 13.1. The van der Waals surface area contributed by atoms with Crippen LogP contribution in [-0.2, 0) is 19.2 Å². The lowest BCUT2D eigenvalue weighted by atomic mass is 10.1. The van der Waals surface area contributed by atoms with Gasteiger partial charge < -0.3 is 0 Å². The Morgan fingerprint density at radius 1 is 0.618 bits per heavy atom. The van der Waals surface area contributed by atoms with Crippen LogP contribution >= 0.6 is 0 Å². The Morgan fingerprint density at radius 3 is 1.35 bits per heavy atom. The molecule has 0 N–H and O–H groups in total. The molecular weight excluding hydrogens is 432 g/mol. The van der Waals surface area contributed by atoms with E-state index in [1.807, 2.05) is 60.0 Å². The van der Waals surface area contributed by atoms with Crippen molar-refractivity contribution in [1.29, 1.82) is 0 Å². The zero-order valence-electron chi connectivity index (χ0n) is 19.4. The number of nitrogens with zero attached hydrogens (tertiary/aromatic N) is 4. The Bertz CT molecular complexity index is 1080. The van der Waals surface area contributed by atoms with Gasteiger partial charge in [0.25, 0.3) is 11.8 Å². The number of carbonyl (C=O) groups excluding carboxylic acids is 4. The Morgan fingerprint density at radius 2 is 1.00 bits per heavy atom. The second-order valence-corrected chi connectivity index (χ2v) is 9.32. The predicted molar refractivity (Wildman–Crippen MR) is 127 cm³/mol. The van der Waals surface area contributed by atoms with Crippen molar-refractivity contribution in [2.75, 3.05) is 36.0 Å². The van der Waals surface area contributed by atoms with Crippen molar-refractivity contribution >= 4 is 35.0 Å². The van der Waals surface area contributed by atoms with Gasteiger partial charge in [0.15, 0.2) is 0 Å². The monoisotopic (exact) mass is 460 g/mol. The second-order valence-electron chi connectivity index (χ2n) is 9.32. The summed E-state index contributed by atoms with van der Waals surface area (Å²) in [4.78, 5) is 58.3. The molecule has 0 radical (unpaired) electrons. The highest BCUT2D eigenvalue weighted by Gasteiger charge is 2.46. The largest absolute Gasteiger partial charge is 0.289 e. The summed E-state index contributed by atoms with van der Waals surface area (Å²) in [5, 5.41) is 0. The van der Waals surface area contributed by atoms with E-state index in [4.69, 9.17) is 0 Å². The van der Waals surface area contributed by atoms with E-state index in [0.29, 0.717) is 37.6 Å². The van der Waals surface area contributed by atoms with Gasteiger partial charge in [0.2, 0.25) is 11.8 Å². The lowest BCUT2D eigenvalue weighted by Crippen LogP contribution is -2.56. The first-order chi connectivity index (χ1) is 16.3. The van der Waals surface area contributed by atoms with Crippen molar-refractivity contribution in [1.82, 2.24) is 9.80 Å². The molecule has 34 heavy (non-hydrogen) atoms. The Labute approximate surface area is 198 Å². The summed E-state index contributed by atoms with van der Waals surface area (Å²) in [6.45, 7) is 6.11. The fraction of sp³-hybridized carbons (Fsp3) is 0.385. The van der Waals surface area contributed by atoms with Crippen LogP contribution in [0.1, 0.15) is 24.0 Å². The van der Waals surface area contributed by atoms with Gasteiger partial charge in [-0.25, -0.2) is 9.80 Å². The maximum Gasteiger partial charge on any atom is 0.251 e. The minimum absolute atomic E-state index is 0.161. The van der Waals surface area contributed by atoms with Crippen molar-refractivity contribution in [3.63, 3.8) is 0 Å². The molecule has 0 spiro atoms. The van der Waals surface area contributed by atoms with Gasteiger partial charge >= 0.3 is 0 Å². The third-order valence-corrected chi connectivity index (χ3v) is 7.00. The molecule has 0 aromatic heterocycles. The molecule has 0 bridgehead atoms.